The average Bonchev–Trinajstić information content (AvgIpc) is 3.09. The lowest BCUT2D eigenvalue weighted by Crippen LogP contribution is -2.45. The van der Waals surface area contributed by atoms with E-state index >= 15 is 0 Å². The van der Waals surface area contributed by atoms with Gasteiger partial charge in [0.2, 0.25) is 5.95 Å². The van der Waals surface area contributed by atoms with Gasteiger partial charge in [0, 0.05) is 25.8 Å². The van der Waals surface area contributed by atoms with Gasteiger partial charge >= 0.3 is 5.69 Å². The van der Waals surface area contributed by atoms with Gasteiger partial charge in [-0.1, -0.05) is 25.1 Å². The van der Waals surface area contributed by atoms with Gasteiger partial charge in [-0.15, -0.1) is 0 Å². The summed E-state index contributed by atoms with van der Waals surface area (Å²) in [7, 11) is 1.54. The number of hydrazine groups is 1. The van der Waals surface area contributed by atoms with Crippen LogP contribution in [-0.2, 0) is 24.9 Å². The van der Waals surface area contributed by atoms with E-state index in [1.165, 1.54) is 11.6 Å². The molecule has 3 aromatic rings. The Morgan fingerprint density at radius 1 is 1.25 bits per heavy atom. The molecule has 10 heteroatoms. The zero-order valence-corrected chi connectivity index (χ0v) is 15.6. The first-order valence-corrected chi connectivity index (χ1v) is 8.94. The Kier molecular flexibility index (Phi) is 4.27. The fraction of sp³-hybridized carbons (Fsp3) is 0.333. The van der Waals surface area contributed by atoms with Gasteiger partial charge in [0.05, 0.1) is 0 Å². The number of aryl methyl sites for hydroxylation is 1. The average molecular weight is 383 g/mol. The molecule has 0 aliphatic carbocycles. The van der Waals surface area contributed by atoms with Crippen LogP contribution in [0.4, 0.5) is 11.6 Å². The molecular weight excluding hydrogens is 362 g/mol. The molecule has 146 valence electrons. The molecule has 0 unspecified atom stereocenters. The van der Waals surface area contributed by atoms with Gasteiger partial charge < -0.3 is 9.47 Å². The van der Waals surface area contributed by atoms with E-state index in [4.69, 9.17) is 5.84 Å². The molecule has 1 amide bonds. The molecule has 1 aliphatic heterocycles. The van der Waals surface area contributed by atoms with Gasteiger partial charge in [-0.3, -0.25) is 19.6 Å². The number of hydrogen-bond acceptors (Lipinski definition) is 6. The van der Waals surface area contributed by atoms with Crippen molar-refractivity contribution in [1.29, 1.82) is 0 Å². The maximum absolute atomic E-state index is 13.1. The number of nitrogens with two attached hydrogens (primary N) is 1. The van der Waals surface area contributed by atoms with E-state index in [0.29, 0.717) is 23.7 Å². The molecule has 1 aliphatic rings. The van der Waals surface area contributed by atoms with Crippen LogP contribution in [0, 0.1) is 5.92 Å². The van der Waals surface area contributed by atoms with Crippen molar-refractivity contribution in [1.82, 2.24) is 24.1 Å². The second-order valence-corrected chi connectivity index (χ2v) is 7.05. The molecule has 0 saturated heterocycles. The molecular formula is C18H21N7O3. The third kappa shape index (κ3) is 2.69. The first-order valence-electron chi connectivity index (χ1n) is 8.94. The molecule has 10 nitrogen and oxygen atoms in total. The number of nitrogens with one attached hydrogen (secondary N) is 1. The van der Waals surface area contributed by atoms with Crippen molar-refractivity contribution in [2.24, 2.45) is 18.8 Å². The van der Waals surface area contributed by atoms with Crippen LogP contribution in [0.1, 0.15) is 6.92 Å². The molecule has 1 atom stereocenters. The number of benzene rings is 1. The number of fused-ring (bicyclic) bond motifs is 3. The summed E-state index contributed by atoms with van der Waals surface area (Å²) in [5, 5.41) is 0. The molecule has 4 rings (SSSR count). The number of aromatic nitrogens is 4. The highest BCUT2D eigenvalue weighted by Gasteiger charge is 2.29. The van der Waals surface area contributed by atoms with Crippen LogP contribution < -0.4 is 27.4 Å². The first kappa shape index (κ1) is 18.0. The SMILES string of the molecule is C[C@H]1CN(c2ccccc2)c2nc3c(c(=O)n(CC(=O)NN)c(=O)n3C)n2C1. The molecule has 2 aromatic heterocycles. The topological polar surface area (TPSA) is 120 Å². The molecule has 0 spiro atoms. The predicted molar refractivity (Wildman–Crippen MR) is 104 cm³/mol. The quantitative estimate of drug-likeness (QED) is 0.363. The van der Waals surface area contributed by atoms with Crippen LogP contribution in [0.3, 0.4) is 0 Å². The van der Waals surface area contributed by atoms with Crippen LogP contribution in [0.15, 0.2) is 39.9 Å². The highest BCUT2D eigenvalue weighted by Crippen LogP contribution is 2.32. The summed E-state index contributed by atoms with van der Waals surface area (Å²) in [4.78, 5) is 44.0. The minimum absolute atomic E-state index is 0.252. The lowest BCUT2D eigenvalue weighted by molar-refractivity contribution is -0.121. The molecule has 28 heavy (non-hydrogen) atoms. The van der Waals surface area contributed by atoms with Crippen LogP contribution in [0.5, 0.6) is 0 Å². The van der Waals surface area contributed by atoms with E-state index in [2.05, 4.69) is 11.9 Å². The predicted octanol–water partition coefficient (Wildman–Crippen LogP) is -0.326. The monoisotopic (exact) mass is 383 g/mol. The highest BCUT2D eigenvalue weighted by atomic mass is 16.2. The molecule has 1 aromatic carbocycles. The van der Waals surface area contributed by atoms with Crippen LogP contribution in [0.25, 0.3) is 11.2 Å². The van der Waals surface area contributed by atoms with Gasteiger partial charge in [0.15, 0.2) is 11.2 Å². The summed E-state index contributed by atoms with van der Waals surface area (Å²) in [6.07, 6.45) is 0. The van der Waals surface area contributed by atoms with Crippen molar-refractivity contribution in [3.63, 3.8) is 0 Å². The third-order valence-corrected chi connectivity index (χ3v) is 4.97. The van der Waals surface area contributed by atoms with Crippen molar-refractivity contribution in [3.05, 3.63) is 51.2 Å². The number of hydrogen-bond donors (Lipinski definition) is 2. The van der Waals surface area contributed by atoms with E-state index < -0.39 is 23.7 Å². The number of rotatable bonds is 3. The Morgan fingerprint density at radius 2 is 1.96 bits per heavy atom. The normalized spacial score (nSPS) is 16.2. The van der Waals surface area contributed by atoms with Crippen molar-refractivity contribution in [2.75, 3.05) is 11.4 Å². The Bertz CT molecular complexity index is 1180. The zero-order chi connectivity index (χ0) is 20.0. The van der Waals surface area contributed by atoms with Gasteiger partial charge in [-0.05, 0) is 18.1 Å². The molecule has 0 fully saturated rings. The summed E-state index contributed by atoms with van der Waals surface area (Å²) in [5.41, 5.74) is 2.33. The summed E-state index contributed by atoms with van der Waals surface area (Å²) >= 11 is 0. The fourth-order valence-electron chi connectivity index (χ4n) is 3.66. The third-order valence-electron chi connectivity index (χ3n) is 4.97. The number of amides is 1. The lowest BCUT2D eigenvalue weighted by atomic mass is 10.1. The molecule has 0 saturated carbocycles. The second-order valence-electron chi connectivity index (χ2n) is 7.05. The Morgan fingerprint density at radius 3 is 2.64 bits per heavy atom. The fourth-order valence-corrected chi connectivity index (χ4v) is 3.66. The van der Waals surface area contributed by atoms with Crippen LogP contribution in [-0.4, -0.2) is 31.1 Å². The number of nitrogens with zero attached hydrogens (tertiary/aromatic N) is 5. The molecule has 0 radical (unpaired) electrons. The zero-order valence-electron chi connectivity index (χ0n) is 15.6. The van der Waals surface area contributed by atoms with Crippen molar-refractivity contribution < 1.29 is 4.79 Å². The van der Waals surface area contributed by atoms with Gasteiger partial charge in [-0.25, -0.2) is 15.2 Å². The van der Waals surface area contributed by atoms with E-state index in [0.717, 1.165) is 16.8 Å². The van der Waals surface area contributed by atoms with E-state index in [-0.39, 0.29) is 5.92 Å². The molecule has 3 N–H and O–H groups in total. The first-order chi connectivity index (χ1) is 13.4. The number of para-hydroxylation sites is 1. The maximum Gasteiger partial charge on any atom is 0.332 e. The minimum Gasteiger partial charge on any atom is -0.312 e. The summed E-state index contributed by atoms with van der Waals surface area (Å²) in [5.74, 6) is 5.34. The van der Waals surface area contributed by atoms with Gasteiger partial charge in [-0.2, -0.15) is 4.98 Å². The Balaban J connectivity index is 1.99. The summed E-state index contributed by atoms with van der Waals surface area (Å²) in [6, 6.07) is 9.77. The van der Waals surface area contributed by atoms with Gasteiger partial charge in [0.25, 0.3) is 11.5 Å². The van der Waals surface area contributed by atoms with Crippen molar-refractivity contribution in [2.45, 2.75) is 20.0 Å². The highest BCUT2D eigenvalue weighted by molar-refractivity contribution is 5.78. The Hall–Kier alpha value is -3.40. The number of anilines is 2. The van der Waals surface area contributed by atoms with Crippen molar-refractivity contribution in [3.8, 4) is 0 Å². The van der Waals surface area contributed by atoms with Crippen molar-refractivity contribution >= 4 is 28.7 Å². The summed E-state index contributed by atoms with van der Waals surface area (Å²) in [6.45, 7) is 2.97. The van der Waals surface area contributed by atoms with E-state index in [9.17, 15) is 14.4 Å². The van der Waals surface area contributed by atoms with E-state index in [1.54, 1.807) is 0 Å². The minimum atomic E-state index is -0.629. The van der Waals surface area contributed by atoms with Crippen LogP contribution >= 0.6 is 0 Å². The smallest absolute Gasteiger partial charge is 0.312 e. The molecule has 3 heterocycles. The number of carbonyl (C=O) groups is 1. The van der Waals surface area contributed by atoms with E-state index in [1.807, 2.05) is 45.2 Å². The van der Waals surface area contributed by atoms with Crippen LogP contribution in [0.2, 0.25) is 0 Å². The summed E-state index contributed by atoms with van der Waals surface area (Å²) < 4.78 is 4.00. The lowest BCUT2D eigenvalue weighted by Gasteiger charge is -2.32. The Labute approximate surface area is 159 Å². The second kappa shape index (κ2) is 6.64. The van der Waals surface area contributed by atoms with Gasteiger partial charge in [0.1, 0.15) is 6.54 Å². The number of imidazole rings is 1. The standard InChI is InChI=1S/C18H21N7O3/c1-11-8-23(12-6-4-3-5-7-12)17-20-15-14(24(17)9-11)16(27)25(10-13(26)21-19)18(28)22(15)2/h3-7,11H,8-10,19H2,1-2H3,(H,21,26)/t11-/m0/s1. The largest absolute Gasteiger partial charge is 0.332 e. The maximum atomic E-state index is 13.1. The number of carbonyl (C=O) groups excluding carboxylic acids is 1. The molecule has 0 bridgehead atoms.